The number of primary amides is 1. The van der Waals surface area contributed by atoms with Crippen LogP contribution in [0.1, 0.15) is 45.8 Å². The molecule has 0 bridgehead atoms. The lowest BCUT2D eigenvalue weighted by Gasteiger charge is -2.37. The highest BCUT2D eigenvalue weighted by molar-refractivity contribution is 6.03. The first-order valence-electron chi connectivity index (χ1n) is 8.03. The molecule has 6 nitrogen and oxygen atoms in total. The number of amides is 2. The number of aromatic nitrogens is 2. The van der Waals surface area contributed by atoms with E-state index >= 15 is 0 Å². The fraction of sp³-hybridized carbons (Fsp3) is 0.333. The predicted molar refractivity (Wildman–Crippen MR) is 89.4 cm³/mol. The van der Waals surface area contributed by atoms with Crippen LogP contribution < -0.4 is 5.73 Å². The molecule has 2 atom stereocenters. The molecule has 2 N–H and O–H groups in total. The van der Waals surface area contributed by atoms with Crippen molar-refractivity contribution in [1.82, 2.24) is 14.9 Å². The first kappa shape index (κ1) is 16.1. The Kier molecular flexibility index (Phi) is 4.55. The molecule has 24 heavy (non-hydrogen) atoms. The van der Waals surface area contributed by atoms with Crippen LogP contribution >= 0.6 is 0 Å². The van der Waals surface area contributed by atoms with Gasteiger partial charge in [-0.2, -0.15) is 0 Å². The summed E-state index contributed by atoms with van der Waals surface area (Å²) in [7, 11) is 0. The molecule has 1 aliphatic rings. The van der Waals surface area contributed by atoms with E-state index in [1.165, 1.54) is 18.0 Å². The number of hydrogen-bond acceptors (Lipinski definition) is 4. The Morgan fingerprint density at radius 1 is 1.12 bits per heavy atom. The Morgan fingerprint density at radius 2 is 1.79 bits per heavy atom. The molecular formula is C18H20N4O2. The second kappa shape index (κ2) is 6.78. The molecule has 1 aromatic carbocycles. The molecule has 6 heteroatoms. The Balaban J connectivity index is 1.77. The standard InChI is InChI=1S/C18H20N4O2/c1-12-11-22(10-7-14(12)13-5-3-2-4-6-13)18(24)16-15(17(19)23)20-8-9-21-16/h2-6,8-9,12,14H,7,10-11H2,1H3,(H2,19,23)/t12-,14-/m0/s1. The van der Waals surface area contributed by atoms with E-state index in [2.05, 4.69) is 29.0 Å². The number of likely N-dealkylation sites (tertiary alicyclic amines) is 1. The van der Waals surface area contributed by atoms with Crippen molar-refractivity contribution in [3.05, 3.63) is 59.7 Å². The summed E-state index contributed by atoms with van der Waals surface area (Å²) in [5.74, 6) is -0.277. The number of nitrogens with zero attached hydrogens (tertiary/aromatic N) is 3. The van der Waals surface area contributed by atoms with Gasteiger partial charge < -0.3 is 10.6 Å². The maximum Gasteiger partial charge on any atom is 0.274 e. The van der Waals surface area contributed by atoms with Crippen LogP contribution in [0.15, 0.2) is 42.7 Å². The molecule has 0 spiro atoms. The minimum Gasteiger partial charge on any atom is -0.364 e. The monoisotopic (exact) mass is 324 g/mol. The molecule has 1 fully saturated rings. The zero-order valence-electron chi connectivity index (χ0n) is 13.6. The molecule has 2 heterocycles. The summed E-state index contributed by atoms with van der Waals surface area (Å²) in [6, 6.07) is 10.3. The van der Waals surface area contributed by atoms with Crippen LogP contribution in [-0.2, 0) is 0 Å². The minimum absolute atomic E-state index is 0.0374. The van der Waals surface area contributed by atoms with Crippen LogP contribution in [0.4, 0.5) is 0 Å². The number of piperidine rings is 1. The van der Waals surface area contributed by atoms with Gasteiger partial charge in [0.2, 0.25) is 0 Å². The van der Waals surface area contributed by atoms with Gasteiger partial charge in [0.25, 0.3) is 11.8 Å². The molecule has 0 unspecified atom stereocenters. The third-order valence-electron chi connectivity index (χ3n) is 4.55. The number of rotatable bonds is 3. The average Bonchev–Trinajstić information content (AvgIpc) is 2.61. The quantitative estimate of drug-likeness (QED) is 0.933. The summed E-state index contributed by atoms with van der Waals surface area (Å²) in [4.78, 5) is 33.8. The molecule has 1 aliphatic heterocycles. The highest BCUT2D eigenvalue weighted by Gasteiger charge is 2.32. The lowest BCUT2D eigenvalue weighted by atomic mass is 9.81. The second-order valence-corrected chi connectivity index (χ2v) is 6.15. The van der Waals surface area contributed by atoms with E-state index in [9.17, 15) is 9.59 Å². The molecule has 0 radical (unpaired) electrons. The molecule has 0 aliphatic carbocycles. The smallest absolute Gasteiger partial charge is 0.274 e. The van der Waals surface area contributed by atoms with Crippen molar-refractivity contribution < 1.29 is 9.59 Å². The second-order valence-electron chi connectivity index (χ2n) is 6.15. The van der Waals surface area contributed by atoms with Gasteiger partial charge in [0.05, 0.1) is 0 Å². The summed E-state index contributed by atoms with van der Waals surface area (Å²) < 4.78 is 0. The van der Waals surface area contributed by atoms with Gasteiger partial charge in [-0.05, 0) is 23.8 Å². The van der Waals surface area contributed by atoms with Gasteiger partial charge in [-0.3, -0.25) is 9.59 Å². The fourth-order valence-electron chi connectivity index (χ4n) is 3.35. The van der Waals surface area contributed by atoms with Gasteiger partial charge in [0, 0.05) is 25.5 Å². The lowest BCUT2D eigenvalue weighted by Crippen LogP contribution is -2.43. The Hall–Kier alpha value is -2.76. The van der Waals surface area contributed by atoms with Crippen molar-refractivity contribution >= 4 is 11.8 Å². The molecule has 0 saturated carbocycles. The van der Waals surface area contributed by atoms with E-state index in [1.807, 2.05) is 18.2 Å². The van der Waals surface area contributed by atoms with E-state index in [0.717, 1.165) is 6.42 Å². The summed E-state index contributed by atoms with van der Waals surface area (Å²) in [6.07, 6.45) is 3.64. The van der Waals surface area contributed by atoms with Gasteiger partial charge in [0.1, 0.15) is 0 Å². The Bertz CT molecular complexity index is 748. The summed E-state index contributed by atoms with van der Waals surface area (Å²) in [6.45, 7) is 3.38. The fourth-order valence-corrected chi connectivity index (χ4v) is 3.35. The predicted octanol–water partition coefficient (Wildman–Crippen LogP) is 1.84. The van der Waals surface area contributed by atoms with Gasteiger partial charge in [-0.25, -0.2) is 9.97 Å². The summed E-state index contributed by atoms with van der Waals surface area (Å²) in [5.41, 5.74) is 6.56. The Morgan fingerprint density at radius 3 is 2.42 bits per heavy atom. The van der Waals surface area contributed by atoms with Crippen LogP contribution in [0.2, 0.25) is 0 Å². The summed E-state index contributed by atoms with van der Waals surface area (Å²) >= 11 is 0. The largest absolute Gasteiger partial charge is 0.364 e. The number of hydrogen-bond donors (Lipinski definition) is 1. The molecule has 1 aromatic heterocycles. The van der Waals surface area contributed by atoms with E-state index in [1.54, 1.807) is 4.90 Å². The summed E-state index contributed by atoms with van der Waals surface area (Å²) in [5, 5.41) is 0. The van der Waals surface area contributed by atoms with Gasteiger partial charge >= 0.3 is 0 Å². The zero-order chi connectivity index (χ0) is 17.1. The van der Waals surface area contributed by atoms with Gasteiger partial charge in [-0.15, -0.1) is 0 Å². The number of carbonyl (C=O) groups is 2. The molecule has 2 aromatic rings. The van der Waals surface area contributed by atoms with Crippen LogP contribution in [0.25, 0.3) is 0 Å². The number of nitrogens with two attached hydrogens (primary N) is 1. The van der Waals surface area contributed by atoms with Crippen LogP contribution in [0, 0.1) is 5.92 Å². The van der Waals surface area contributed by atoms with Crippen molar-refractivity contribution in [2.45, 2.75) is 19.3 Å². The van der Waals surface area contributed by atoms with E-state index in [0.29, 0.717) is 24.9 Å². The first-order valence-corrected chi connectivity index (χ1v) is 8.03. The first-order chi connectivity index (χ1) is 11.6. The number of benzene rings is 1. The van der Waals surface area contributed by atoms with Crippen molar-refractivity contribution in [1.29, 1.82) is 0 Å². The normalized spacial score (nSPS) is 20.6. The Labute approximate surface area is 140 Å². The molecule has 1 saturated heterocycles. The maximum absolute atomic E-state index is 12.7. The average molecular weight is 324 g/mol. The van der Waals surface area contributed by atoms with E-state index in [4.69, 9.17) is 5.73 Å². The van der Waals surface area contributed by atoms with Crippen LogP contribution in [-0.4, -0.2) is 39.8 Å². The molecule has 3 rings (SSSR count). The molecule has 2 amide bonds. The SMILES string of the molecule is C[C@H]1CN(C(=O)c2nccnc2C(N)=O)CC[C@@H]1c1ccccc1. The zero-order valence-corrected chi connectivity index (χ0v) is 13.6. The van der Waals surface area contributed by atoms with E-state index in [-0.39, 0.29) is 17.3 Å². The van der Waals surface area contributed by atoms with E-state index < -0.39 is 5.91 Å². The molecular weight excluding hydrogens is 304 g/mol. The minimum atomic E-state index is -0.737. The highest BCUT2D eigenvalue weighted by atomic mass is 16.2. The third kappa shape index (κ3) is 3.13. The van der Waals surface area contributed by atoms with Crippen molar-refractivity contribution in [3.63, 3.8) is 0 Å². The van der Waals surface area contributed by atoms with Gasteiger partial charge in [-0.1, -0.05) is 37.3 Å². The lowest BCUT2D eigenvalue weighted by molar-refractivity contribution is 0.0650. The maximum atomic E-state index is 12.7. The third-order valence-corrected chi connectivity index (χ3v) is 4.55. The highest BCUT2D eigenvalue weighted by Crippen LogP contribution is 2.33. The van der Waals surface area contributed by atoms with Crippen LogP contribution in [0.3, 0.4) is 0 Å². The van der Waals surface area contributed by atoms with Crippen LogP contribution in [0.5, 0.6) is 0 Å². The van der Waals surface area contributed by atoms with Crippen molar-refractivity contribution in [2.24, 2.45) is 11.7 Å². The topological polar surface area (TPSA) is 89.2 Å². The van der Waals surface area contributed by atoms with Crippen molar-refractivity contribution in [2.75, 3.05) is 13.1 Å². The number of carbonyl (C=O) groups excluding carboxylic acids is 2. The van der Waals surface area contributed by atoms with Crippen molar-refractivity contribution in [3.8, 4) is 0 Å². The van der Waals surface area contributed by atoms with Gasteiger partial charge in [0.15, 0.2) is 11.4 Å². The molecule has 124 valence electrons.